The number of para-hydroxylation sites is 1. The van der Waals surface area contributed by atoms with Gasteiger partial charge in [-0.2, -0.15) is 0 Å². The quantitative estimate of drug-likeness (QED) is 0.885. The second-order valence-electron chi connectivity index (χ2n) is 5.97. The fourth-order valence-corrected chi connectivity index (χ4v) is 2.96. The van der Waals surface area contributed by atoms with Crippen molar-refractivity contribution in [3.8, 4) is 5.75 Å². The van der Waals surface area contributed by atoms with Gasteiger partial charge in [0.15, 0.2) is 0 Å². The van der Waals surface area contributed by atoms with Gasteiger partial charge in [-0.25, -0.2) is 4.79 Å². The van der Waals surface area contributed by atoms with E-state index in [1.54, 1.807) is 0 Å². The molecule has 1 N–H and O–H groups in total. The lowest BCUT2D eigenvalue weighted by atomic mass is 10.3. The van der Waals surface area contributed by atoms with Crippen molar-refractivity contribution < 1.29 is 14.3 Å². The Bertz CT molecular complexity index is 491. The molecule has 2 heterocycles. The molecule has 6 nitrogen and oxygen atoms in total. The highest BCUT2D eigenvalue weighted by Gasteiger charge is 2.27. The highest BCUT2D eigenvalue weighted by Crippen LogP contribution is 2.17. The van der Waals surface area contributed by atoms with E-state index in [-0.39, 0.29) is 12.1 Å². The van der Waals surface area contributed by atoms with Gasteiger partial charge in [0.25, 0.3) is 0 Å². The zero-order chi connectivity index (χ0) is 15.9. The highest BCUT2D eigenvalue weighted by atomic mass is 16.5. The zero-order valence-corrected chi connectivity index (χ0v) is 13.4. The van der Waals surface area contributed by atoms with E-state index in [2.05, 4.69) is 10.2 Å². The first-order valence-corrected chi connectivity index (χ1v) is 8.36. The van der Waals surface area contributed by atoms with Crippen LogP contribution in [0.3, 0.4) is 0 Å². The number of ether oxygens (including phenoxy) is 2. The molecular weight excluding hydrogens is 294 g/mol. The Labute approximate surface area is 137 Å². The summed E-state index contributed by atoms with van der Waals surface area (Å²) < 4.78 is 11.2. The summed E-state index contributed by atoms with van der Waals surface area (Å²) in [6.07, 6.45) is 0.966. The summed E-state index contributed by atoms with van der Waals surface area (Å²) in [4.78, 5) is 16.4. The molecule has 0 aliphatic carbocycles. The minimum atomic E-state index is 0.0115. The van der Waals surface area contributed by atoms with Gasteiger partial charge in [-0.05, 0) is 12.1 Å². The van der Waals surface area contributed by atoms with Crippen molar-refractivity contribution in [2.45, 2.75) is 12.5 Å². The van der Waals surface area contributed by atoms with Crippen molar-refractivity contribution in [3.05, 3.63) is 30.3 Å². The van der Waals surface area contributed by atoms with Gasteiger partial charge in [0.05, 0.1) is 19.8 Å². The summed E-state index contributed by atoms with van der Waals surface area (Å²) in [6.45, 7) is 6.45. The molecule has 1 aromatic rings. The predicted molar refractivity (Wildman–Crippen MR) is 87.7 cm³/mol. The van der Waals surface area contributed by atoms with E-state index in [9.17, 15) is 4.79 Å². The third-order valence-electron chi connectivity index (χ3n) is 4.29. The largest absolute Gasteiger partial charge is 0.489 e. The molecule has 126 valence electrons. The van der Waals surface area contributed by atoms with Gasteiger partial charge in [-0.15, -0.1) is 0 Å². The maximum absolute atomic E-state index is 12.2. The van der Waals surface area contributed by atoms with Crippen molar-refractivity contribution >= 4 is 6.03 Å². The molecule has 1 unspecified atom stereocenters. The van der Waals surface area contributed by atoms with Gasteiger partial charge in [0, 0.05) is 39.1 Å². The Morgan fingerprint density at radius 3 is 2.78 bits per heavy atom. The number of likely N-dealkylation sites (tertiary alicyclic amines) is 1. The van der Waals surface area contributed by atoms with Crippen LogP contribution in [0.25, 0.3) is 0 Å². The average Bonchev–Trinajstić information content (AvgIpc) is 3.05. The van der Waals surface area contributed by atoms with Gasteiger partial charge in [0.1, 0.15) is 11.9 Å². The number of benzene rings is 1. The van der Waals surface area contributed by atoms with Crippen LogP contribution in [0.2, 0.25) is 0 Å². The van der Waals surface area contributed by atoms with Gasteiger partial charge in [0.2, 0.25) is 0 Å². The van der Waals surface area contributed by atoms with Crippen molar-refractivity contribution in [1.29, 1.82) is 0 Å². The van der Waals surface area contributed by atoms with Crippen molar-refractivity contribution in [2.24, 2.45) is 0 Å². The molecule has 23 heavy (non-hydrogen) atoms. The Hall–Kier alpha value is -1.79. The number of morpholine rings is 1. The Balaban J connectivity index is 1.35. The summed E-state index contributed by atoms with van der Waals surface area (Å²) in [6, 6.07) is 9.80. The van der Waals surface area contributed by atoms with E-state index in [4.69, 9.17) is 9.47 Å². The molecule has 2 saturated heterocycles. The number of hydrogen-bond donors (Lipinski definition) is 1. The first kappa shape index (κ1) is 16.1. The number of rotatable bonds is 5. The molecule has 2 amide bonds. The van der Waals surface area contributed by atoms with Crippen LogP contribution in [-0.4, -0.2) is 74.4 Å². The lowest BCUT2D eigenvalue weighted by molar-refractivity contribution is 0.0386. The number of carbonyl (C=O) groups excluding carboxylic acids is 1. The highest BCUT2D eigenvalue weighted by molar-refractivity contribution is 5.74. The molecule has 3 rings (SSSR count). The fourth-order valence-electron chi connectivity index (χ4n) is 2.96. The van der Waals surface area contributed by atoms with Crippen LogP contribution in [-0.2, 0) is 4.74 Å². The van der Waals surface area contributed by atoms with Crippen molar-refractivity contribution in [2.75, 3.05) is 52.5 Å². The van der Waals surface area contributed by atoms with Crippen LogP contribution in [0, 0.1) is 0 Å². The summed E-state index contributed by atoms with van der Waals surface area (Å²) in [5, 5.41) is 3.01. The van der Waals surface area contributed by atoms with E-state index >= 15 is 0 Å². The first-order chi connectivity index (χ1) is 11.3. The van der Waals surface area contributed by atoms with Crippen LogP contribution >= 0.6 is 0 Å². The Morgan fingerprint density at radius 1 is 1.22 bits per heavy atom. The normalized spacial score (nSPS) is 22.1. The average molecular weight is 319 g/mol. The number of nitrogens with zero attached hydrogens (tertiary/aromatic N) is 2. The molecule has 2 fully saturated rings. The van der Waals surface area contributed by atoms with Gasteiger partial charge in [-0.1, -0.05) is 18.2 Å². The predicted octanol–water partition coefficient (Wildman–Crippen LogP) is 1.18. The second-order valence-corrected chi connectivity index (χ2v) is 5.97. The van der Waals surface area contributed by atoms with Crippen LogP contribution in [0.5, 0.6) is 5.75 Å². The van der Waals surface area contributed by atoms with E-state index in [1.807, 2.05) is 35.2 Å². The van der Waals surface area contributed by atoms with Crippen LogP contribution in [0.15, 0.2) is 30.3 Å². The second kappa shape index (κ2) is 8.17. The molecule has 0 radical (unpaired) electrons. The maximum atomic E-state index is 12.2. The number of hydrogen-bond acceptors (Lipinski definition) is 4. The van der Waals surface area contributed by atoms with Crippen LogP contribution in [0.1, 0.15) is 6.42 Å². The summed E-state index contributed by atoms with van der Waals surface area (Å²) in [5.74, 6) is 0.868. The molecule has 0 spiro atoms. The monoisotopic (exact) mass is 319 g/mol. The maximum Gasteiger partial charge on any atom is 0.317 e. The minimum Gasteiger partial charge on any atom is -0.489 e. The molecule has 2 aliphatic heterocycles. The van der Waals surface area contributed by atoms with Gasteiger partial charge < -0.3 is 19.7 Å². The third kappa shape index (κ3) is 4.84. The molecule has 6 heteroatoms. The molecule has 1 aromatic carbocycles. The molecule has 0 bridgehead atoms. The molecule has 0 aromatic heterocycles. The molecule has 2 aliphatic rings. The van der Waals surface area contributed by atoms with E-state index < -0.39 is 0 Å². The third-order valence-corrected chi connectivity index (χ3v) is 4.29. The minimum absolute atomic E-state index is 0.0115. The van der Waals surface area contributed by atoms with Crippen LogP contribution < -0.4 is 10.1 Å². The Kier molecular flexibility index (Phi) is 5.71. The van der Waals surface area contributed by atoms with E-state index in [0.29, 0.717) is 13.1 Å². The molecular formula is C17H25N3O3. The Morgan fingerprint density at radius 2 is 2.00 bits per heavy atom. The lowest BCUT2D eigenvalue weighted by Crippen LogP contribution is -2.45. The summed E-state index contributed by atoms with van der Waals surface area (Å²) >= 11 is 0. The van der Waals surface area contributed by atoms with Gasteiger partial charge >= 0.3 is 6.03 Å². The first-order valence-electron chi connectivity index (χ1n) is 8.36. The summed E-state index contributed by atoms with van der Waals surface area (Å²) in [5.41, 5.74) is 0. The smallest absolute Gasteiger partial charge is 0.317 e. The van der Waals surface area contributed by atoms with Crippen LogP contribution in [0.4, 0.5) is 4.79 Å². The summed E-state index contributed by atoms with van der Waals surface area (Å²) in [7, 11) is 0. The number of carbonyl (C=O) groups is 1. The van der Waals surface area contributed by atoms with Crippen molar-refractivity contribution in [1.82, 2.24) is 15.1 Å². The molecule has 0 saturated carbocycles. The number of nitrogens with one attached hydrogen (secondary N) is 1. The molecule has 1 atom stereocenters. The van der Waals surface area contributed by atoms with E-state index in [0.717, 1.165) is 51.6 Å². The SMILES string of the molecule is O=C(NCCN1CCOCC1)N1CCC(Oc2ccccc2)C1. The zero-order valence-electron chi connectivity index (χ0n) is 13.4. The fraction of sp³-hybridized carbons (Fsp3) is 0.588. The number of urea groups is 1. The number of amides is 2. The van der Waals surface area contributed by atoms with Crippen molar-refractivity contribution in [3.63, 3.8) is 0 Å². The standard InChI is InChI=1S/C17H25N3O3/c21-17(18-7-9-19-10-12-22-13-11-19)20-8-6-16(14-20)23-15-4-2-1-3-5-15/h1-5,16H,6-14H2,(H,18,21). The van der Waals surface area contributed by atoms with Gasteiger partial charge in [-0.3, -0.25) is 4.90 Å². The topological polar surface area (TPSA) is 54.0 Å². The van der Waals surface area contributed by atoms with E-state index in [1.165, 1.54) is 0 Å². The lowest BCUT2D eigenvalue weighted by Gasteiger charge is -2.27.